The molecule has 1 heterocycles. The third-order valence-corrected chi connectivity index (χ3v) is 5.47. The highest BCUT2D eigenvalue weighted by Crippen LogP contribution is 2.31. The molecule has 1 aromatic heterocycles. The van der Waals surface area contributed by atoms with E-state index in [4.69, 9.17) is 4.74 Å². The number of carbonyl (C=O) groups is 2. The van der Waals surface area contributed by atoms with Crippen LogP contribution in [0.4, 0.5) is 21.9 Å². The van der Waals surface area contributed by atoms with Crippen molar-refractivity contribution in [1.29, 1.82) is 0 Å². The molecule has 6 N–H and O–H groups in total. The Morgan fingerprint density at radius 2 is 1.61 bits per heavy atom. The van der Waals surface area contributed by atoms with Gasteiger partial charge < -0.3 is 20.5 Å². The Morgan fingerprint density at radius 3 is 2.28 bits per heavy atom. The van der Waals surface area contributed by atoms with Gasteiger partial charge in [0.2, 0.25) is 10.0 Å². The van der Waals surface area contributed by atoms with Crippen LogP contribution < -0.4 is 30.9 Å². The Bertz CT molecular complexity index is 1410. The lowest BCUT2D eigenvalue weighted by Crippen LogP contribution is -2.34. The van der Waals surface area contributed by atoms with Gasteiger partial charge in [-0.2, -0.15) is 0 Å². The fraction of sp³-hybridized carbons (Fsp3) is 0.174. The molecule has 0 aliphatic carbocycles. The van der Waals surface area contributed by atoms with Gasteiger partial charge in [-0.25, -0.2) is 13.2 Å². The Kier molecular flexibility index (Phi) is 7.84. The number of nitrogens with one attached hydrogen (secondary N) is 5. The number of amides is 3. The molecule has 190 valence electrons. The quantitative estimate of drug-likeness (QED) is 0.197. The van der Waals surface area contributed by atoms with Crippen molar-refractivity contribution in [3.05, 3.63) is 65.5 Å². The number of hydrazine groups is 1. The first kappa shape index (κ1) is 26.1. The van der Waals surface area contributed by atoms with Crippen LogP contribution in [-0.2, 0) is 10.0 Å². The second kappa shape index (κ2) is 10.8. The number of rotatable bonds is 8. The van der Waals surface area contributed by atoms with E-state index in [1.54, 1.807) is 18.2 Å². The van der Waals surface area contributed by atoms with E-state index in [9.17, 15) is 23.1 Å². The van der Waals surface area contributed by atoms with Gasteiger partial charge in [-0.1, -0.05) is 0 Å². The first-order valence-corrected chi connectivity index (χ1v) is 12.5. The maximum atomic E-state index is 12.5. The lowest BCUT2D eigenvalue weighted by Gasteiger charge is -2.16. The van der Waals surface area contributed by atoms with E-state index in [1.807, 2.05) is 13.8 Å². The molecule has 36 heavy (non-hydrogen) atoms. The number of hydrogen-bond donors (Lipinski definition) is 6. The number of aromatic hydroxyl groups is 1. The highest BCUT2D eigenvalue weighted by atomic mass is 32.2. The van der Waals surface area contributed by atoms with Crippen molar-refractivity contribution < 1.29 is 27.9 Å². The topological polar surface area (TPSA) is 171 Å². The number of phenols is 1. The summed E-state index contributed by atoms with van der Waals surface area (Å²) in [5.74, 6) is 0.100. The summed E-state index contributed by atoms with van der Waals surface area (Å²) in [6.07, 6.45) is 2.43. The maximum Gasteiger partial charge on any atom is 0.337 e. The lowest BCUT2D eigenvalue weighted by atomic mass is 10.1. The van der Waals surface area contributed by atoms with Crippen LogP contribution in [0, 0.1) is 13.8 Å². The number of benzene rings is 2. The van der Waals surface area contributed by atoms with Gasteiger partial charge in [-0.05, 0) is 55.3 Å². The third kappa shape index (κ3) is 6.99. The smallest absolute Gasteiger partial charge is 0.337 e. The average molecular weight is 515 g/mol. The predicted octanol–water partition coefficient (Wildman–Crippen LogP) is 3.08. The monoisotopic (exact) mass is 514 g/mol. The molecule has 0 atom stereocenters. The Hall–Kier alpha value is -4.52. The summed E-state index contributed by atoms with van der Waals surface area (Å²) >= 11 is 0. The zero-order valence-electron chi connectivity index (χ0n) is 20.0. The second-order valence-corrected chi connectivity index (χ2v) is 9.55. The number of carbonyl (C=O) groups excluding carboxylic acids is 2. The van der Waals surface area contributed by atoms with Crippen molar-refractivity contribution >= 4 is 39.0 Å². The van der Waals surface area contributed by atoms with Crippen LogP contribution in [0.2, 0.25) is 0 Å². The van der Waals surface area contributed by atoms with E-state index in [-0.39, 0.29) is 34.4 Å². The molecular formula is C23H26N6O6S. The van der Waals surface area contributed by atoms with E-state index >= 15 is 0 Å². The molecule has 0 saturated carbocycles. The van der Waals surface area contributed by atoms with Crippen molar-refractivity contribution in [2.75, 3.05) is 28.8 Å². The van der Waals surface area contributed by atoms with Crippen molar-refractivity contribution in [3.8, 4) is 17.2 Å². The zero-order valence-corrected chi connectivity index (χ0v) is 20.8. The summed E-state index contributed by atoms with van der Waals surface area (Å²) in [5.41, 5.74) is 7.39. The first-order valence-electron chi connectivity index (χ1n) is 10.6. The largest absolute Gasteiger partial charge is 0.506 e. The highest BCUT2D eigenvalue weighted by molar-refractivity contribution is 7.92. The molecule has 12 nitrogen and oxygen atoms in total. The Balaban J connectivity index is 1.71. The molecule has 13 heteroatoms. The van der Waals surface area contributed by atoms with Crippen LogP contribution in [0.3, 0.4) is 0 Å². The molecule has 0 aliphatic rings. The number of aryl methyl sites for hydroxylation is 2. The van der Waals surface area contributed by atoms with Crippen molar-refractivity contribution in [2.24, 2.45) is 0 Å². The van der Waals surface area contributed by atoms with Crippen LogP contribution in [-0.4, -0.2) is 43.8 Å². The van der Waals surface area contributed by atoms with Crippen molar-refractivity contribution in [2.45, 2.75) is 13.8 Å². The number of ether oxygens (including phenoxy) is 1. The summed E-state index contributed by atoms with van der Waals surface area (Å²) in [6, 6.07) is 9.83. The molecule has 0 unspecified atom stereocenters. The average Bonchev–Trinajstić information content (AvgIpc) is 2.81. The van der Waals surface area contributed by atoms with Gasteiger partial charge in [-0.15, -0.1) is 0 Å². The molecule has 3 amide bonds. The van der Waals surface area contributed by atoms with Crippen LogP contribution in [0.5, 0.6) is 17.2 Å². The predicted molar refractivity (Wildman–Crippen MR) is 136 cm³/mol. The summed E-state index contributed by atoms with van der Waals surface area (Å²) in [6.45, 7) is 3.64. The van der Waals surface area contributed by atoms with E-state index in [2.05, 4.69) is 31.2 Å². The minimum absolute atomic E-state index is 0.123. The number of urea groups is 1. The summed E-state index contributed by atoms with van der Waals surface area (Å²) in [5, 5.41) is 15.2. The normalized spacial score (nSPS) is 10.8. The molecule has 0 saturated heterocycles. The Morgan fingerprint density at radius 1 is 0.944 bits per heavy atom. The van der Waals surface area contributed by atoms with Gasteiger partial charge in [0.15, 0.2) is 0 Å². The highest BCUT2D eigenvalue weighted by Gasteiger charge is 2.13. The van der Waals surface area contributed by atoms with Crippen molar-refractivity contribution in [1.82, 2.24) is 15.7 Å². The van der Waals surface area contributed by atoms with Crippen molar-refractivity contribution in [3.63, 3.8) is 0 Å². The molecule has 3 aromatic rings. The van der Waals surface area contributed by atoms with Gasteiger partial charge in [0, 0.05) is 25.4 Å². The molecular weight excluding hydrogens is 488 g/mol. The standard InChI is InChI=1S/C23H26N6O6S/c1-13-9-17(18(10-14(13)2)29-36(4,33)34)26-23(32)28-27-19-11-15(5-6-21(19)30)35-16-7-8-25-20(12-16)22(31)24-3/h5-12,27,29-30H,1-4H3,(H,24,31)(H2,26,28,32). The lowest BCUT2D eigenvalue weighted by molar-refractivity contribution is 0.0957. The van der Waals surface area contributed by atoms with Crippen LogP contribution >= 0.6 is 0 Å². The van der Waals surface area contributed by atoms with Crippen LogP contribution in [0.1, 0.15) is 21.6 Å². The molecule has 2 aromatic carbocycles. The summed E-state index contributed by atoms with van der Waals surface area (Å²) in [7, 11) is -2.09. The molecule has 3 rings (SSSR count). The molecule has 0 spiro atoms. The van der Waals surface area contributed by atoms with Crippen LogP contribution in [0.15, 0.2) is 48.7 Å². The fourth-order valence-corrected chi connectivity index (χ4v) is 3.59. The number of nitrogens with zero attached hydrogens (tertiary/aromatic N) is 1. The second-order valence-electron chi connectivity index (χ2n) is 7.80. The number of anilines is 3. The maximum absolute atomic E-state index is 12.5. The SMILES string of the molecule is CNC(=O)c1cc(Oc2ccc(O)c(NNC(=O)Nc3cc(C)c(C)cc3NS(C)(=O)=O)c2)ccn1. The van der Waals surface area contributed by atoms with Gasteiger partial charge in [0.05, 0.1) is 23.3 Å². The first-order chi connectivity index (χ1) is 16.9. The molecule has 0 radical (unpaired) electrons. The van der Waals surface area contributed by atoms with E-state index in [1.165, 1.54) is 37.5 Å². The zero-order chi connectivity index (χ0) is 26.5. The molecule has 0 bridgehead atoms. The number of phenolic OH excluding ortho intramolecular Hbond substituents is 1. The number of hydrogen-bond acceptors (Lipinski definition) is 8. The van der Waals surface area contributed by atoms with Gasteiger partial charge >= 0.3 is 6.03 Å². The fourth-order valence-electron chi connectivity index (χ4n) is 3.02. The van der Waals surface area contributed by atoms with Gasteiger partial charge in [0.1, 0.15) is 22.9 Å². The number of sulfonamides is 1. The van der Waals surface area contributed by atoms with E-state index in [0.29, 0.717) is 11.5 Å². The van der Waals surface area contributed by atoms with Gasteiger partial charge in [-0.3, -0.25) is 25.4 Å². The molecule has 0 aliphatic heterocycles. The third-order valence-electron chi connectivity index (χ3n) is 4.88. The molecule has 0 fully saturated rings. The van der Waals surface area contributed by atoms with E-state index < -0.39 is 16.1 Å². The number of aromatic nitrogens is 1. The van der Waals surface area contributed by atoms with Gasteiger partial charge in [0.25, 0.3) is 5.91 Å². The minimum Gasteiger partial charge on any atom is -0.506 e. The summed E-state index contributed by atoms with van der Waals surface area (Å²) in [4.78, 5) is 28.2. The number of pyridine rings is 1. The minimum atomic E-state index is -3.58. The summed E-state index contributed by atoms with van der Waals surface area (Å²) < 4.78 is 31.5. The van der Waals surface area contributed by atoms with Crippen LogP contribution in [0.25, 0.3) is 0 Å². The Labute approximate surface area is 208 Å². The van der Waals surface area contributed by atoms with E-state index in [0.717, 1.165) is 17.4 Å².